The van der Waals surface area contributed by atoms with Gasteiger partial charge < -0.3 is 4.74 Å². The van der Waals surface area contributed by atoms with Crippen LogP contribution in [-0.4, -0.2) is 32.9 Å². The molecule has 3 rings (SSSR count). The molecule has 30 heavy (non-hydrogen) atoms. The molecule has 8 heteroatoms. The highest BCUT2D eigenvalue weighted by atomic mass is 35.5. The Morgan fingerprint density at radius 1 is 0.933 bits per heavy atom. The first-order valence-corrected chi connectivity index (χ1v) is 11.4. The number of nitrogens with zero attached hydrogens (tertiary/aromatic N) is 1. The van der Waals surface area contributed by atoms with E-state index in [9.17, 15) is 8.42 Å². The van der Waals surface area contributed by atoms with Crippen LogP contribution in [0.2, 0.25) is 10.0 Å². The molecule has 0 saturated carbocycles. The average Bonchev–Trinajstić information content (AvgIpc) is 2.71. The number of halogens is 2. The van der Waals surface area contributed by atoms with Gasteiger partial charge in [-0.25, -0.2) is 4.98 Å². The van der Waals surface area contributed by atoms with E-state index in [1.807, 2.05) is 30.3 Å². The van der Waals surface area contributed by atoms with E-state index >= 15 is 0 Å². The van der Waals surface area contributed by atoms with Crippen molar-refractivity contribution < 1.29 is 17.3 Å². The maximum absolute atomic E-state index is 10.9. The largest absolute Gasteiger partial charge is 0.491 e. The highest BCUT2D eigenvalue weighted by Crippen LogP contribution is 2.25. The summed E-state index contributed by atoms with van der Waals surface area (Å²) in [5, 5.41) is 1.12. The molecule has 0 bridgehead atoms. The second-order valence-corrected chi connectivity index (χ2v) is 8.70. The average molecular weight is 462 g/mol. The third-order valence-corrected chi connectivity index (χ3v) is 4.98. The van der Waals surface area contributed by atoms with Gasteiger partial charge in [0.05, 0.1) is 11.3 Å². The fourth-order valence-electron chi connectivity index (χ4n) is 2.44. The zero-order valence-electron chi connectivity index (χ0n) is 15.9. The molecule has 5 nitrogen and oxygen atoms in total. The van der Waals surface area contributed by atoms with Crippen molar-refractivity contribution in [1.82, 2.24) is 4.98 Å². The molecular formula is C22H17Cl2NO4S. The molecule has 0 aliphatic heterocycles. The van der Waals surface area contributed by atoms with Crippen LogP contribution in [0, 0.1) is 11.8 Å². The van der Waals surface area contributed by atoms with Gasteiger partial charge in [0, 0.05) is 22.3 Å². The Kier molecular flexibility index (Phi) is 7.35. The summed E-state index contributed by atoms with van der Waals surface area (Å²) in [7, 11) is -3.46. The van der Waals surface area contributed by atoms with E-state index in [1.165, 1.54) is 0 Å². The quantitative estimate of drug-likeness (QED) is 0.299. The molecule has 0 atom stereocenters. The predicted molar refractivity (Wildman–Crippen MR) is 118 cm³/mol. The van der Waals surface area contributed by atoms with Crippen molar-refractivity contribution in [1.29, 1.82) is 0 Å². The van der Waals surface area contributed by atoms with Crippen LogP contribution in [0.1, 0.15) is 11.3 Å². The summed E-state index contributed by atoms with van der Waals surface area (Å²) < 4.78 is 31.8. The van der Waals surface area contributed by atoms with Crippen molar-refractivity contribution in [3.05, 3.63) is 82.1 Å². The van der Waals surface area contributed by atoms with Gasteiger partial charge in [0.2, 0.25) is 0 Å². The van der Waals surface area contributed by atoms with E-state index < -0.39 is 10.1 Å². The summed E-state index contributed by atoms with van der Waals surface area (Å²) in [5.74, 6) is 6.56. The molecule has 0 fully saturated rings. The van der Waals surface area contributed by atoms with Crippen molar-refractivity contribution >= 4 is 33.3 Å². The Morgan fingerprint density at radius 2 is 1.63 bits per heavy atom. The number of aromatic nitrogens is 1. The maximum Gasteiger partial charge on any atom is 0.264 e. The summed E-state index contributed by atoms with van der Waals surface area (Å²) in [6.45, 7) is 0.0775. The fourth-order valence-corrected chi connectivity index (χ4v) is 3.15. The van der Waals surface area contributed by atoms with Gasteiger partial charge in [0.15, 0.2) is 0 Å². The lowest BCUT2D eigenvalue weighted by atomic mass is 10.1. The molecule has 2 aromatic carbocycles. The van der Waals surface area contributed by atoms with Crippen molar-refractivity contribution in [2.24, 2.45) is 0 Å². The smallest absolute Gasteiger partial charge is 0.264 e. The van der Waals surface area contributed by atoms with Crippen LogP contribution < -0.4 is 4.74 Å². The first-order valence-electron chi connectivity index (χ1n) is 8.81. The maximum atomic E-state index is 10.9. The second-order valence-electron chi connectivity index (χ2n) is 6.21. The molecule has 0 spiro atoms. The summed E-state index contributed by atoms with van der Waals surface area (Å²) >= 11 is 12.3. The Morgan fingerprint density at radius 3 is 2.27 bits per heavy atom. The highest BCUT2D eigenvalue weighted by molar-refractivity contribution is 7.85. The van der Waals surface area contributed by atoms with Crippen LogP contribution in [0.15, 0.2) is 60.8 Å². The minimum atomic E-state index is -3.46. The SMILES string of the molecule is CS(=O)(=O)OCCOc1ccc(C#Cc2ncc(-c3ccc(Cl)cc3)cc2Cl)cc1. The number of hydrogen-bond acceptors (Lipinski definition) is 5. The van der Waals surface area contributed by atoms with Crippen LogP contribution >= 0.6 is 23.2 Å². The minimum Gasteiger partial charge on any atom is -0.491 e. The molecule has 0 radical (unpaired) electrons. The summed E-state index contributed by atoms with van der Waals surface area (Å²) in [6.07, 6.45) is 2.71. The number of benzene rings is 2. The monoisotopic (exact) mass is 461 g/mol. The normalized spacial score (nSPS) is 10.9. The molecule has 0 saturated heterocycles. The number of pyridine rings is 1. The Bertz CT molecular complexity index is 1180. The summed E-state index contributed by atoms with van der Waals surface area (Å²) in [4.78, 5) is 4.35. The van der Waals surface area contributed by atoms with E-state index in [4.69, 9.17) is 27.9 Å². The van der Waals surface area contributed by atoms with E-state index in [0.717, 1.165) is 22.9 Å². The van der Waals surface area contributed by atoms with E-state index in [-0.39, 0.29) is 13.2 Å². The third-order valence-electron chi connectivity index (χ3n) is 3.85. The van der Waals surface area contributed by atoms with Crippen molar-refractivity contribution in [3.63, 3.8) is 0 Å². The van der Waals surface area contributed by atoms with Gasteiger partial charge in [-0.05, 0) is 53.9 Å². The van der Waals surface area contributed by atoms with Gasteiger partial charge in [-0.15, -0.1) is 0 Å². The van der Waals surface area contributed by atoms with Crippen LogP contribution in [0.25, 0.3) is 11.1 Å². The molecule has 0 amide bonds. The number of rotatable bonds is 6. The lowest BCUT2D eigenvalue weighted by molar-refractivity contribution is 0.222. The Balaban J connectivity index is 1.63. The van der Waals surface area contributed by atoms with E-state index in [1.54, 1.807) is 30.5 Å². The van der Waals surface area contributed by atoms with Gasteiger partial charge in [-0.2, -0.15) is 8.42 Å². The lowest BCUT2D eigenvalue weighted by Gasteiger charge is -2.05. The van der Waals surface area contributed by atoms with Crippen molar-refractivity contribution in [3.8, 4) is 28.7 Å². The first kappa shape index (κ1) is 22.1. The standard InChI is InChI=1S/C22H17Cl2NO4S/c1-30(26,27)29-13-12-28-20-9-2-16(3-10-20)4-11-22-21(24)14-18(15-25-22)17-5-7-19(23)8-6-17/h2-3,5-10,14-15H,12-13H2,1H3. The van der Waals surface area contributed by atoms with E-state index in [2.05, 4.69) is 21.0 Å². The van der Waals surface area contributed by atoms with Crippen LogP contribution in [-0.2, 0) is 14.3 Å². The fraction of sp³-hybridized carbons (Fsp3) is 0.136. The predicted octanol–water partition coefficient (Wildman–Crippen LogP) is 4.81. The van der Waals surface area contributed by atoms with E-state index in [0.29, 0.717) is 21.5 Å². The second kappa shape index (κ2) is 9.96. The van der Waals surface area contributed by atoms with Gasteiger partial charge >= 0.3 is 0 Å². The zero-order chi connectivity index (χ0) is 21.6. The van der Waals surface area contributed by atoms with Gasteiger partial charge in [-0.1, -0.05) is 41.3 Å². The van der Waals surface area contributed by atoms with Crippen molar-refractivity contribution in [2.45, 2.75) is 0 Å². The third kappa shape index (κ3) is 6.75. The Hall–Kier alpha value is -2.56. The van der Waals surface area contributed by atoms with Gasteiger partial charge in [0.25, 0.3) is 10.1 Å². The molecule has 3 aromatic rings. The molecule has 0 aliphatic carbocycles. The lowest BCUT2D eigenvalue weighted by Crippen LogP contribution is -2.11. The Labute approximate surface area is 185 Å². The van der Waals surface area contributed by atoms with Crippen molar-refractivity contribution in [2.75, 3.05) is 19.5 Å². The molecule has 1 heterocycles. The summed E-state index contributed by atoms with van der Waals surface area (Å²) in [6, 6.07) is 16.3. The molecule has 0 N–H and O–H groups in total. The molecular weight excluding hydrogens is 445 g/mol. The zero-order valence-corrected chi connectivity index (χ0v) is 18.3. The summed E-state index contributed by atoms with van der Waals surface area (Å²) in [5.41, 5.74) is 3.08. The molecule has 154 valence electrons. The number of ether oxygens (including phenoxy) is 1. The van der Waals surface area contributed by atoms with Crippen LogP contribution in [0.4, 0.5) is 0 Å². The molecule has 0 aliphatic rings. The molecule has 0 unspecified atom stereocenters. The molecule has 1 aromatic heterocycles. The minimum absolute atomic E-state index is 0.0451. The van der Waals surface area contributed by atoms with Gasteiger partial charge in [-0.3, -0.25) is 4.18 Å². The van der Waals surface area contributed by atoms with Crippen LogP contribution in [0.5, 0.6) is 5.75 Å². The topological polar surface area (TPSA) is 65.5 Å². The number of hydrogen-bond donors (Lipinski definition) is 0. The highest BCUT2D eigenvalue weighted by Gasteiger charge is 2.04. The first-order chi connectivity index (χ1) is 14.3. The van der Waals surface area contributed by atoms with Crippen LogP contribution in [0.3, 0.4) is 0 Å². The van der Waals surface area contributed by atoms with Gasteiger partial charge in [0.1, 0.15) is 24.7 Å².